The van der Waals surface area contributed by atoms with Gasteiger partial charge in [0.2, 0.25) is 0 Å². The van der Waals surface area contributed by atoms with Gasteiger partial charge in [-0.2, -0.15) is 5.10 Å². The van der Waals surface area contributed by atoms with Gasteiger partial charge in [-0.15, -0.1) is 0 Å². The minimum absolute atomic E-state index is 0.0919. The molecule has 1 amide bonds. The van der Waals surface area contributed by atoms with E-state index in [-0.39, 0.29) is 23.3 Å². The van der Waals surface area contributed by atoms with Crippen molar-refractivity contribution in [2.24, 2.45) is 5.10 Å². The Bertz CT molecular complexity index is 1070. The van der Waals surface area contributed by atoms with Gasteiger partial charge in [0, 0.05) is 6.42 Å². The number of ether oxygens (including phenoxy) is 2. The van der Waals surface area contributed by atoms with Crippen LogP contribution in [0.4, 0.5) is 4.39 Å². The molecule has 1 aliphatic heterocycles. The van der Waals surface area contributed by atoms with Gasteiger partial charge < -0.3 is 13.9 Å². The van der Waals surface area contributed by atoms with Crippen molar-refractivity contribution in [3.8, 4) is 11.5 Å². The lowest BCUT2D eigenvalue weighted by Gasteiger charge is -2.20. The first kappa shape index (κ1) is 20.0. The van der Waals surface area contributed by atoms with Crippen LogP contribution in [0.1, 0.15) is 23.8 Å². The third kappa shape index (κ3) is 4.16. The molecule has 0 unspecified atom stereocenters. The average molecular weight is 429 g/mol. The Morgan fingerprint density at radius 2 is 2.07 bits per heavy atom. The van der Waals surface area contributed by atoms with Crippen molar-refractivity contribution in [3.05, 3.63) is 83.0 Å². The van der Waals surface area contributed by atoms with Gasteiger partial charge in [-0.3, -0.25) is 4.79 Å². The summed E-state index contributed by atoms with van der Waals surface area (Å²) in [5.74, 6) is 0.720. The molecule has 1 aromatic heterocycles. The summed E-state index contributed by atoms with van der Waals surface area (Å²) in [6.07, 6.45) is 2.04. The summed E-state index contributed by atoms with van der Waals surface area (Å²) < 4.78 is 29.4. The Morgan fingerprint density at radius 3 is 2.73 bits per heavy atom. The summed E-state index contributed by atoms with van der Waals surface area (Å²) in [5, 5.41) is 5.98. The fraction of sp³-hybridized carbons (Fsp3) is 0.182. The Kier molecular flexibility index (Phi) is 5.72. The Labute approximate surface area is 177 Å². The summed E-state index contributed by atoms with van der Waals surface area (Å²) in [5.41, 5.74) is 1.62. The number of methoxy groups -OCH3 is 1. The number of hydrazone groups is 1. The third-order valence-corrected chi connectivity index (χ3v) is 5.00. The third-order valence-electron chi connectivity index (χ3n) is 4.71. The molecule has 30 heavy (non-hydrogen) atoms. The van der Waals surface area contributed by atoms with E-state index >= 15 is 0 Å². The highest BCUT2D eigenvalue weighted by Gasteiger charge is 2.35. The van der Waals surface area contributed by atoms with Crippen molar-refractivity contribution < 1.29 is 23.1 Å². The molecule has 0 fully saturated rings. The quantitative estimate of drug-likeness (QED) is 0.563. The van der Waals surface area contributed by atoms with Gasteiger partial charge >= 0.3 is 0 Å². The number of hydrogen-bond donors (Lipinski definition) is 0. The van der Waals surface area contributed by atoms with E-state index in [1.807, 2.05) is 24.3 Å². The zero-order valence-electron chi connectivity index (χ0n) is 16.0. The molecule has 0 spiro atoms. The largest absolute Gasteiger partial charge is 0.497 e. The summed E-state index contributed by atoms with van der Waals surface area (Å²) in [6.45, 7) is -0.304. The Morgan fingerprint density at radius 1 is 1.27 bits per heavy atom. The molecule has 0 N–H and O–H groups in total. The number of hydrogen-bond acceptors (Lipinski definition) is 5. The highest BCUT2D eigenvalue weighted by atomic mass is 35.5. The van der Waals surface area contributed by atoms with E-state index in [0.29, 0.717) is 12.2 Å². The van der Waals surface area contributed by atoms with E-state index in [1.165, 1.54) is 17.1 Å². The van der Waals surface area contributed by atoms with E-state index in [9.17, 15) is 9.18 Å². The smallest absolute Gasteiger partial charge is 0.281 e. The van der Waals surface area contributed by atoms with Crippen LogP contribution in [0.3, 0.4) is 0 Å². The number of nitrogens with zero attached hydrogens (tertiary/aromatic N) is 2. The number of furan rings is 1. The standard InChI is InChI=1S/C22H18ClFN2O4/c1-28-16-7-4-14(5-8-16)18-12-19(21-3-2-10-29-21)26(25-18)22(27)13-30-20-9-6-15(24)11-17(20)23/h2-11,19H,12-13H2,1H3/t19-/m1/s1. The molecule has 6 nitrogen and oxygen atoms in total. The van der Waals surface area contributed by atoms with Crippen LogP contribution in [0.5, 0.6) is 11.5 Å². The van der Waals surface area contributed by atoms with Crippen LogP contribution in [0, 0.1) is 5.82 Å². The van der Waals surface area contributed by atoms with E-state index in [2.05, 4.69) is 5.10 Å². The number of carbonyl (C=O) groups excluding carboxylic acids is 1. The Hall–Kier alpha value is -3.32. The lowest BCUT2D eigenvalue weighted by Crippen LogP contribution is -2.31. The summed E-state index contributed by atoms with van der Waals surface area (Å²) in [4.78, 5) is 12.9. The normalized spacial score (nSPS) is 15.8. The molecular formula is C22H18ClFN2O4. The summed E-state index contributed by atoms with van der Waals surface area (Å²) in [7, 11) is 1.60. The first-order chi connectivity index (χ1) is 14.5. The van der Waals surface area contributed by atoms with Crippen molar-refractivity contribution in [2.45, 2.75) is 12.5 Å². The van der Waals surface area contributed by atoms with Crippen LogP contribution >= 0.6 is 11.6 Å². The van der Waals surface area contributed by atoms with Crippen molar-refractivity contribution in [1.29, 1.82) is 0 Å². The molecule has 0 radical (unpaired) electrons. The fourth-order valence-corrected chi connectivity index (χ4v) is 3.42. The maximum Gasteiger partial charge on any atom is 0.281 e. The van der Waals surface area contributed by atoms with E-state index in [1.54, 1.807) is 25.5 Å². The SMILES string of the molecule is COc1ccc(C2=NN(C(=O)COc3ccc(F)cc3Cl)[C@@H](c3ccco3)C2)cc1. The fourth-order valence-electron chi connectivity index (χ4n) is 3.20. The molecule has 2 aromatic carbocycles. The molecule has 0 bridgehead atoms. The molecule has 8 heteroatoms. The van der Waals surface area contributed by atoms with Crippen LogP contribution in [-0.2, 0) is 4.79 Å². The zero-order chi connectivity index (χ0) is 21.1. The minimum Gasteiger partial charge on any atom is -0.497 e. The molecule has 4 rings (SSSR count). The van der Waals surface area contributed by atoms with Crippen LogP contribution in [0.25, 0.3) is 0 Å². The van der Waals surface area contributed by atoms with Crippen LogP contribution in [0.2, 0.25) is 5.02 Å². The first-order valence-electron chi connectivity index (χ1n) is 9.20. The van der Waals surface area contributed by atoms with Crippen molar-refractivity contribution >= 4 is 23.2 Å². The second-order valence-corrected chi connectivity index (χ2v) is 7.02. The molecule has 0 saturated carbocycles. The maximum absolute atomic E-state index is 13.2. The van der Waals surface area contributed by atoms with Gasteiger partial charge in [-0.05, 0) is 60.2 Å². The van der Waals surface area contributed by atoms with Crippen molar-refractivity contribution in [3.63, 3.8) is 0 Å². The van der Waals surface area contributed by atoms with Gasteiger partial charge in [0.1, 0.15) is 29.1 Å². The zero-order valence-corrected chi connectivity index (χ0v) is 16.8. The minimum atomic E-state index is -0.482. The predicted octanol–water partition coefficient (Wildman–Crippen LogP) is 4.84. The average Bonchev–Trinajstić information content (AvgIpc) is 3.43. The molecule has 0 saturated heterocycles. The molecule has 154 valence electrons. The number of halogens is 2. The lowest BCUT2D eigenvalue weighted by molar-refractivity contribution is -0.135. The summed E-state index contributed by atoms with van der Waals surface area (Å²) >= 11 is 5.97. The number of carbonyl (C=O) groups is 1. The van der Waals surface area contributed by atoms with Crippen LogP contribution < -0.4 is 9.47 Å². The number of benzene rings is 2. The first-order valence-corrected chi connectivity index (χ1v) is 9.58. The van der Waals surface area contributed by atoms with E-state index in [0.717, 1.165) is 23.1 Å². The van der Waals surface area contributed by atoms with Crippen molar-refractivity contribution in [1.82, 2.24) is 5.01 Å². The lowest BCUT2D eigenvalue weighted by atomic mass is 10.0. The van der Waals surface area contributed by atoms with Gasteiger partial charge in [0.05, 0.1) is 24.1 Å². The number of amides is 1. The van der Waals surface area contributed by atoms with Crippen LogP contribution in [-0.4, -0.2) is 30.3 Å². The van der Waals surface area contributed by atoms with Gasteiger partial charge in [0.25, 0.3) is 5.91 Å². The number of rotatable bonds is 6. The predicted molar refractivity (Wildman–Crippen MR) is 109 cm³/mol. The maximum atomic E-state index is 13.2. The summed E-state index contributed by atoms with van der Waals surface area (Å²) in [6, 6.07) is 14.3. The molecule has 1 aliphatic rings. The van der Waals surface area contributed by atoms with E-state index in [4.69, 9.17) is 25.5 Å². The van der Waals surface area contributed by atoms with Crippen LogP contribution in [0.15, 0.2) is 70.4 Å². The molecule has 3 aromatic rings. The molecular weight excluding hydrogens is 411 g/mol. The second-order valence-electron chi connectivity index (χ2n) is 6.61. The monoisotopic (exact) mass is 428 g/mol. The van der Waals surface area contributed by atoms with Gasteiger partial charge in [-0.25, -0.2) is 9.40 Å². The van der Waals surface area contributed by atoms with Gasteiger partial charge in [-0.1, -0.05) is 11.6 Å². The highest BCUT2D eigenvalue weighted by Crippen LogP contribution is 2.33. The topological polar surface area (TPSA) is 64.3 Å². The van der Waals surface area contributed by atoms with Gasteiger partial charge in [0.15, 0.2) is 6.61 Å². The second kappa shape index (κ2) is 8.59. The Balaban J connectivity index is 1.55. The molecule has 1 atom stereocenters. The molecule has 2 heterocycles. The van der Waals surface area contributed by atoms with Crippen molar-refractivity contribution in [2.75, 3.05) is 13.7 Å². The molecule has 0 aliphatic carbocycles. The van der Waals surface area contributed by atoms with E-state index < -0.39 is 11.9 Å². The highest BCUT2D eigenvalue weighted by molar-refractivity contribution is 6.32.